The number of amides is 2. The van der Waals surface area contributed by atoms with Crippen molar-refractivity contribution >= 4 is 52.2 Å². The zero-order chi connectivity index (χ0) is 21.8. The van der Waals surface area contributed by atoms with Crippen LogP contribution in [-0.4, -0.2) is 16.0 Å². The molecular formula is C24H17Cl2NO3S. The monoisotopic (exact) mass is 469 g/mol. The highest BCUT2D eigenvalue weighted by molar-refractivity contribution is 8.18. The van der Waals surface area contributed by atoms with Gasteiger partial charge in [0.15, 0.2) is 0 Å². The number of nitrogens with zero attached hydrogens (tertiary/aromatic N) is 1. The van der Waals surface area contributed by atoms with E-state index in [1.165, 1.54) is 4.90 Å². The Morgan fingerprint density at radius 1 is 0.903 bits per heavy atom. The third-order valence-corrected chi connectivity index (χ3v) is 6.20. The summed E-state index contributed by atoms with van der Waals surface area (Å²) in [4.78, 5) is 26.9. The number of hydrogen-bond donors (Lipinski definition) is 0. The van der Waals surface area contributed by atoms with Crippen LogP contribution in [0.15, 0.2) is 77.7 Å². The molecule has 7 heteroatoms. The molecule has 0 saturated carbocycles. The summed E-state index contributed by atoms with van der Waals surface area (Å²) in [6.07, 6.45) is 1.69. The van der Waals surface area contributed by atoms with Crippen molar-refractivity contribution < 1.29 is 14.3 Å². The van der Waals surface area contributed by atoms with Crippen molar-refractivity contribution in [3.8, 4) is 5.75 Å². The second-order valence-electron chi connectivity index (χ2n) is 6.81. The van der Waals surface area contributed by atoms with Crippen molar-refractivity contribution in [2.24, 2.45) is 0 Å². The zero-order valence-electron chi connectivity index (χ0n) is 16.3. The van der Waals surface area contributed by atoms with E-state index in [0.717, 1.165) is 28.5 Å². The van der Waals surface area contributed by atoms with Crippen LogP contribution in [0.4, 0.5) is 4.79 Å². The predicted octanol–water partition coefficient (Wildman–Crippen LogP) is 6.81. The van der Waals surface area contributed by atoms with Crippen molar-refractivity contribution in [2.75, 3.05) is 0 Å². The fourth-order valence-electron chi connectivity index (χ4n) is 3.05. The molecule has 3 aromatic rings. The van der Waals surface area contributed by atoms with Gasteiger partial charge in [0.2, 0.25) is 0 Å². The molecule has 4 rings (SSSR count). The molecule has 2 amide bonds. The number of benzene rings is 3. The van der Waals surface area contributed by atoms with E-state index in [1.54, 1.807) is 36.4 Å². The maximum atomic E-state index is 12.9. The van der Waals surface area contributed by atoms with Crippen LogP contribution >= 0.6 is 35.0 Å². The molecule has 156 valence electrons. The average molecular weight is 470 g/mol. The molecule has 0 aromatic heterocycles. The molecule has 0 radical (unpaired) electrons. The SMILES string of the molecule is O=C1S/C(=C/c2ccccc2OCc2ccc(Cl)cc2)C(=O)N1Cc1ccccc1Cl. The second kappa shape index (κ2) is 9.60. The second-order valence-corrected chi connectivity index (χ2v) is 8.65. The first-order valence-electron chi connectivity index (χ1n) is 9.46. The van der Waals surface area contributed by atoms with E-state index in [0.29, 0.717) is 27.3 Å². The zero-order valence-corrected chi connectivity index (χ0v) is 18.6. The Hall–Kier alpha value is -2.73. The molecule has 0 N–H and O–H groups in total. The number of para-hydroxylation sites is 1. The van der Waals surface area contributed by atoms with Crippen LogP contribution in [0, 0.1) is 0 Å². The Labute approximate surface area is 194 Å². The summed E-state index contributed by atoms with van der Waals surface area (Å²) in [7, 11) is 0. The molecule has 0 spiro atoms. The van der Waals surface area contributed by atoms with Crippen LogP contribution in [0.3, 0.4) is 0 Å². The first-order valence-corrected chi connectivity index (χ1v) is 11.0. The van der Waals surface area contributed by atoms with Gasteiger partial charge in [0.1, 0.15) is 12.4 Å². The van der Waals surface area contributed by atoms with Crippen molar-refractivity contribution in [3.05, 3.63) is 104 Å². The van der Waals surface area contributed by atoms with E-state index in [9.17, 15) is 9.59 Å². The molecule has 31 heavy (non-hydrogen) atoms. The smallest absolute Gasteiger partial charge is 0.293 e. The third kappa shape index (κ3) is 5.13. The number of rotatable bonds is 6. The van der Waals surface area contributed by atoms with Crippen LogP contribution < -0.4 is 4.74 Å². The Morgan fingerprint density at radius 3 is 2.39 bits per heavy atom. The average Bonchev–Trinajstić information content (AvgIpc) is 3.03. The van der Waals surface area contributed by atoms with E-state index < -0.39 is 0 Å². The molecule has 0 atom stereocenters. The fourth-order valence-corrected chi connectivity index (χ4v) is 4.20. The number of hydrogen-bond acceptors (Lipinski definition) is 4. The van der Waals surface area contributed by atoms with Crippen LogP contribution in [0.25, 0.3) is 6.08 Å². The lowest BCUT2D eigenvalue weighted by Gasteiger charge is -2.13. The normalized spacial score (nSPS) is 15.0. The van der Waals surface area contributed by atoms with Crippen LogP contribution in [0.5, 0.6) is 5.75 Å². The summed E-state index contributed by atoms with van der Waals surface area (Å²) in [6, 6.07) is 22.0. The lowest BCUT2D eigenvalue weighted by atomic mass is 10.1. The topological polar surface area (TPSA) is 46.6 Å². The minimum absolute atomic E-state index is 0.135. The van der Waals surface area contributed by atoms with Crippen LogP contribution in [0.2, 0.25) is 10.0 Å². The minimum Gasteiger partial charge on any atom is -0.488 e. The van der Waals surface area contributed by atoms with Gasteiger partial charge >= 0.3 is 0 Å². The molecule has 1 aliphatic heterocycles. The van der Waals surface area contributed by atoms with Crippen molar-refractivity contribution in [1.29, 1.82) is 0 Å². The van der Waals surface area contributed by atoms with Gasteiger partial charge in [0.25, 0.3) is 11.1 Å². The molecule has 3 aromatic carbocycles. The maximum absolute atomic E-state index is 12.9. The highest BCUT2D eigenvalue weighted by Crippen LogP contribution is 2.35. The molecule has 0 unspecified atom stereocenters. The van der Waals surface area contributed by atoms with E-state index in [4.69, 9.17) is 27.9 Å². The standard InChI is InChI=1S/C24H17Cl2NO3S/c25-19-11-9-16(10-12-19)15-30-21-8-4-2-5-17(21)13-22-23(28)27(24(29)31-22)14-18-6-1-3-7-20(18)26/h1-13H,14-15H2/b22-13+. The number of carbonyl (C=O) groups is 2. The molecule has 4 nitrogen and oxygen atoms in total. The van der Waals surface area contributed by atoms with Gasteiger partial charge in [-0.1, -0.05) is 71.7 Å². The first-order chi connectivity index (χ1) is 15.0. The lowest BCUT2D eigenvalue weighted by Crippen LogP contribution is -2.27. The van der Waals surface area contributed by atoms with Crippen molar-refractivity contribution in [2.45, 2.75) is 13.2 Å². The summed E-state index contributed by atoms with van der Waals surface area (Å²) < 4.78 is 5.95. The minimum atomic E-state index is -0.345. The molecular weight excluding hydrogens is 453 g/mol. The maximum Gasteiger partial charge on any atom is 0.293 e. The van der Waals surface area contributed by atoms with Crippen LogP contribution in [-0.2, 0) is 17.9 Å². The molecule has 1 aliphatic rings. The largest absolute Gasteiger partial charge is 0.488 e. The Morgan fingerprint density at radius 2 is 1.61 bits per heavy atom. The van der Waals surface area contributed by atoms with Gasteiger partial charge in [-0.05, 0) is 53.2 Å². The predicted molar refractivity (Wildman–Crippen MR) is 125 cm³/mol. The Balaban J connectivity index is 1.52. The molecule has 1 saturated heterocycles. The highest BCUT2D eigenvalue weighted by atomic mass is 35.5. The lowest BCUT2D eigenvalue weighted by molar-refractivity contribution is -0.123. The summed E-state index contributed by atoms with van der Waals surface area (Å²) in [5, 5.41) is 0.860. The Kier molecular flexibility index (Phi) is 6.66. The third-order valence-electron chi connectivity index (χ3n) is 4.67. The van der Waals surface area contributed by atoms with Gasteiger partial charge in [-0.15, -0.1) is 0 Å². The summed E-state index contributed by atoms with van der Waals surface area (Å²) in [5.74, 6) is 0.276. The molecule has 1 heterocycles. The van der Waals surface area contributed by atoms with E-state index in [-0.39, 0.29) is 17.7 Å². The first kappa shape index (κ1) is 21.5. The fraction of sp³-hybridized carbons (Fsp3) is 0.0833. The summed E-state index contributed by atoms with van der Waals surface area (Å²) in [6.45, 7) is 0.492. The van der Waals surface area contributed by atoms with Gasteiger partial charge in [-0.2, -0.15) is 0 Å². The Bertz CT molecular complexity index is 1160. The summed E-state index contributed by atoms with van der Waals surface area (Å²) >= 11 is 13.0. The van der Waals surface area contributed by atoms with Gasteiger partial charge in [0.05, 0.1) is 11.4 Å². The van der Waals surface area contributed by atoms with Crippen LogP contribution in [0.1, 0.15) is 16.7 Å². The van der Waals surface area contributed by atoms with Gasteiger partial charge in [-0.3, -0.25) is 14.5 Å². The van der Waals surface area contributed by atoms with E-state index in [2.05, 4.69) is 0 Å². The summed E-state index contributed by atoms with van der Waals surface area (Å²) in [5.41, 5.74) is 2.42. The number of thioether (sulfide) groups is 1. The van der Waals surface area contributed by atoms with Crippen molar-refractivity contribution in [3.63, 3.8) is 0 Å². The molecule has 1 fully saturated rings. The number of halogens is 2. The molecule has 0 bridgehead atoms. The van der Waals surface area contributed by atoms with Crippen molar-refractivity contribution in [1.82, 2.24) is 4.90 Å². The van der Waals surface area contributed by atoms with Gasteiger partial charge in [0, 0.05) is 15.6 Å². The molecule has 0 aliphatic carbocycles. The number of carbonyl (C=O) groups excluding carboxylic acids is 2. The van der Waals surface area contributed by atoms with E-state index >= 15 is 0 Å². The number of ether oxygens (including phenoxy) is 1. The highest BCUT2D eigenvalue weighted by Gasteiger charge is 2.35. The van der Waals surface area contributed by atoms with Gasteiger partial charge in [-0.25, -0.2) is 0 Å². The number of imide groups is 1. The quantitative estimate of drug-likeness (QED) is 0.372. The van der Waals surface area contributed by atoms with Gasteiger partial charge < -0.3 is 4.74 Å². The van der Waals surface area contributed by atoms with E-state index in [1.807, 2.05) is 42.5 Å².